The minimum absolute atomic E-state index is 0.132. The first-order valence-electron chi connectivity index (χ1n) is 7.62. The molecule has 3 rings (SSSR count). The van der Waals surface area contributed by atoms with Crippen LogP contribution in [0, 0.1) is 19.7 Å². The van der Waals surface area contributed by atoms with Gasteiger partial charge in [0.2, 0.25) is 0 Å². The summed E-state index contributed by atoms with van der Waals surface area (Å²) in [6, 6.07) is 4.55. The van der Waals surface area contributed by atoms with E-state index in [2.05, 4.69) is 9.55 Å². The van der Waals surface area contributed by atoms with Crippen LogP contribution in [-0.4, -0.2) is 15.6 Å². The number of nitrogens with zero attached hydrogens (tertiary/aromatic N) is 2. The summed E-state index contributed by atoms with van der Waals surface area (Å²) in [6.07, 6.45) is 8.04. The van der Waals surface area contributed by atoms with Gasteiger partial charge in [-0.25, -0.2) is 9.37 Å². The lowest BCUT2D eigenvalue weighted by Gasteiger charge is -2.28. The van der Waals surface area contributed by atoms with Crippen LogP contribution in [0.15, 0.2) is 24.5 Å². The van der Waals surface area contributed by atoms with Gasteiger partial charge >= 0.3 is 0 Å². The molecule has 0 unspecified atom stereocenters. The molecule has 0 bridgehead atoms. The normalized spacial score (nSPS) is 22.5. The molecule has 0 spiro atoms. The number of hydrogen-bond donors (Lipinski definition) is 1. The number of nitrogens with two attached hydrogens (primary N) is 1. The van der Waals surface area contributed by atoms with E-state index in [9.17, 15) is 4.39 Å². The Bertz CT molecular complexity index is 639. The fourth-order valence-electron chi connectivity index (χ4n) is 3.26. The number of imidazole rings is 1. The number of aryl methyl sites for hydroxylation is 1. The molecule has 3 nitrogen and oxygen atoms in total. The van der Waals surface area contributed by atoms with Crippen LogP contribution in [0.4, 0.5) is 4.39 Å². The number of benzene rings is 1. The molecule has 1 aromatic carbocycles. The van der Waals surface area contributed by atoms with Crippen molar-refractivity contribution < 1.29 is 4.39 Å². The average Bonchev–Trinajstić information content (AvgIpc) is 2.95. The Balaban J connectivity index is 1.98. The lowest BCUT2D eigenvalue weighted by Crippen LogP contribution is -2.27. The number of rotatable bonds is 2. The van der Waals surface area contributed by atoms with E-state index in [0.717, 1.165) is 37.1 Å². The zero-order valence-corrected chi connectivity index (χ0v) is 12.6. The quantitative estimate of drug-likeness (QED) is 0.914. The molecule has 0 aliphatic heterocycles. The van der Waals surface area contributed by atoms with Crippen LogP contribution in [0.25, 0.3) is 11.4 Å². The van der Waals surface area contributed by atoms with E-state index >= 15 is 0 Å². The first-order chi connectivity index (χ1) is 10.1. The molecule has 2 N–H and O–H groups in total. The molecule has 1 fully saturated rings. The van der Waals surface area contributed by atoms with Gasteiger partial charge in [0.25, 0.3) is 0 Å². The second-order valence-corrected chi connectivity index (χ2v) is 6.10. The Hall–Kier alpha value is -1.68. The smallest absolute Gasteiger partial charge is 0.140 e. The third kappa shape index (κ3) is 2.60. The van der Waals surface area contributed by atoms with E-state index in [1.165, 1.54) is 0 Å². The number of hydrogen-bond acceptors (Lipinski definition) is 2. The number of aromatic nitrogens is 2. The van der Waals surface area contributed by atoms with E-state index in [1.807, 2.05) is 25.3 Å². The van der Waals surface area contributed by atoms with Crippen LogP contribution >= 0.6 is 0 Å². The SMILES string of the molecule is Cc1ccc(-c2nccn2C2CCC(N)CC2)c(C)c1F. The van der Waals surface area contributed by atoms with Gasteiger partial charge in [-0.3, -0.25) is 0 Å². The molecule has 0 saturated heterocycles. The molecular formula is C17H22FN3. The highest BCUT2D eigenvalue weighted by Crippen LogP contribution is 2.33. The summed E-state index contributed by atoms with van der Waals surface area (Å²) in [5, 5.41) is 0. The van der Waals surface area contributed by atoms with E-state index in [4.69, 9.17) is 5.73 Å². The van der Waals surface area contributed by atoms with Crippen molar-refractivity contribution in [3.63, 3.8) is 0 Å². The Morgan fingerprint density at radius 1 is 1.19 bits per heavy atom. The maximum atomic E-state index is 14.2. The van der Waals surface area contributed by atoms with Gasteiger partial charge in [0, 0.05) is 30.0 Å². The second kappa shape index (κ2) is 5.60. The molecule has 1 aliphatic rings. The average molecular weight is 287 g/mol. The Labute approximate surface area is 125 Å². The summed E-state index contributed by atoms with van der Waals surface area (Å²) in [4.78, 5) is 4.48. The van der Waals surface area contributed by atoms with Crippen molar-refractivity contribution in [2.45, 2.75) is 51.6 Å². The molecule has 0 radical (unpaired) electrons. The summed E-state index contributed by atoms with van der Waals surface area (Å²) in [5.74, 6) is 0.736. The summed E-state index contributed by atoms with van der Waals surface area (Å²) in [6.45, 7) is 3.62. The van der Waals surface area contributed by atoms with Crippen molar-refractivity contribution in [1.29, 1.82) is 0 Å². The molecule has 4 heteroatoms. The Kier molecular flexibility index (Phi) is 3.81. The highest BCUT2D eigenvalue weighted by molar-refractivity contribution is 5.61. The molecule has 2 aromatic rings. The zero-order chi connectivity index (χ0) is 15.0. The van der Waals surface area contributed by atoms with Gasteiger partial charge in [-0.2, -0.15) is 0 Å². The summed E-state index contributed by atoms with van der Waals surface area (Å²) >= 11 is 0. The fraction of sp³-hybridized carbons (Fsp3) is 0.471. The van der Waals surface area contributed by atoms with Crippen molar-refractivity contribution >= 4 is 0 Å². The highest BCUT2D eigenvalue weighted by atomic mass is 19.1. The lowest BCUT2D eigenvalue weighted by atomic mass is 9.91. The summed E-state index contributed by atoms with van der Waals surface area (Å²) < 4.78 is 16.4. The zero-order valence-electron chi connectivity index (χ0n) is 12.6. The van der Waals surface area contributed by atoms with Crippen LogP contribution in [0.2, 0.25) is 0 Å². The molecule has 112 valence electrons. The van der Waals surface area contributed by atoms with Gasteiger partial charge in [0.05, 0.1) is 0 Å². The van der Waals surface area contributed by atoms with Crippen molar-refractivity contribution in [1.82, 2.24) is 9.55 Å². The number of halogens is 1. The molecule has 1 heterocycles. The van der Waals surface area contributed by atoms with Crippen molar-refractivity contribution in [3.05, 3.63) is 41.5 Å². The van der Waals surface area contributed by atoms with Gasteiger partial charge in [-0.1, -0.05) is 12.1 Å². The molecule has 1 aromatic heterocycles. The van der Waals surface area contributed by atoms with Crippen LogP contribution in [0.3, 0.4) is 0 Å². The predicted octanol–water partition coefficient (Wildman–Crippen LogP) is 3.75. The van der Waals surface area contributed by atoms with Gasteiger partial charge in [0.15, 0.2) is 0 Å². The topological polar surface area (TPSA) is 43.8 Å². The standard InChI is InChI=1S/C17H22FN3/c1-11-3-8-15(12(2)16(11)18)17-20-9-10-21(17)14-6-4-13(19)5-7-14/h3,8-10,13-14H,4-7,19H2,1-2H3. The van der Waals surface area contributed by atoms with Crippen LogP contribution in [-0.2, 0) is 0 Å². The van der Waals surface area contributed by atoms with Gasteiger partial charge in [-0.05, 0) is 50.7 Å². The maximum Gasteiger partial charge on any atom is 0.140 e. The molecule has 1 aliphatic carbocycles. The third-order valence-electron chi connectivity index (χ3n) is 4.62. The van der Waals surface area contributed by atoms with Crippen LogP contribution in [0.1, 0.15) is 42.9 Å². The fourth-order valence-corrected chi connectivity index (χ4v) is 3.26. The highest BCUT2D eigenvalue weighted by Gasteiger charge is 2.23. The first-order valence-corrected chi connectivity index (χ1v) is 7.62. The third-order valence-corrected chi connectivity index (χ3v) is 4.62. The minimum Gasteiger partial charge on any atom is -0.328 e. The second-order valence-electron chi connectivity index (χ2n) is 6.10. The van der Waals surface area contributed by atoms with Crippen molar-refractivity contribution in [2.75, 3.05) is 0 Å². The molecule has 1 saturated carbocycles. The van der Waals surface area contributed by atoms with E-state index < -0.39 is 0 Å². The van der Waals surface area contributed by atoms with Crippen molar-refractivity contribution in [2.24, 2.45) is 5.73 Å². The van der Waals surface area contributed by atoms with E-state index in [1.54, 1.807) is 13.1 Å². The monoisotopic (exact) mass is 287 g/mol. The summed E-state index contributed by atoms with van der Waals surface area (Å²) in [5.41, 5.74) is 8.23. The molecule has 0 amide bonds. The van der Waals surface area contributed by atoms with Gasteiger partial charge < -0.3 is 10.3 Å². The summed E-state index contributed by atoms with van der Waals surface area (Å²) in [7, 11) is 0. The largest absolute Gasteiger partial charge is 0.328 e. The molecule has 0 atom stereocenters. The van der Waals surface area contributed by atoms with E-state index in [0.29, 0.717) is 23.2 Å². The molecular weight excluding hydrogens is 265 g/mol. The van der Waals surface area contributed by atoms with Gasteiger partial charge in [-0.15, -0.1) is 0 Å². The van der Waals surface area contributed by atoms with Crippen molar-refractivity contribution in [3.8, 4) is 11.4 Å². The minimum atomic E-state index is -0.132. The Morgan fingerprint density at radius 2 is 1.90 bits per heavy atom. The van der Waals surface area contributed by atoms with Crippen LogP contribution < -0.4 is 5.73 Å². The maximum absolute atomic E-state index is 14.2. The lowest BCUT2D eigenvalue weighted by molar-refractivity contribution is 0.325. The predicted molar refractivity (Wildman–Crippen MR) is 82.6 cm³/mol. The van der Waals surface area contributed by atoms with E-state index in [-0.39, 0.29) is 5.82 Å². The molecule has 21 heavy (non-hydrogen) atoms. The van der Waals surface area contributed by atoms with Crippen LogP contribution in [0.5, 0.6) is 0 Å². The Morgan fingerprint density at radius 3 is 2.62 bits per heavy atom. The first kappa shape index (κ1) is 14.3. The van der Waals surface area contributed by atoms with Gasteiger partial charge in [0.1, 0.15) is 11.6 Å².